The van der Waals surface area contributed by atoms with Gasteiger partial charge < -0.3 is 5.32 Å². The van der Waals surface area contributed by atoms with E-state index in [-0.39, 0.29) is 0 Å². The Morgan fingerprint density at radius 1 is 1.25 bits per heavy atom. The average Bonchev–Trinajstić information content (AvgIpc) is 2.48. The topological polar surface area (TPSA) is 15.3 Å². The van der Waals surface area contributed by atoms with Gasteiger partial charge in [-0.15, -0.1) is 11.8 Å². The molecule has 0 spiro atoms. The van der Waals surface area contributed by atoms with Gasteiger partial charge in [0.05, 0.1) is 0 Å². The van der Waals surface area contributed by atoms with Crippen molar-refractivity contribution in [2.24, 2.45) is 0 Å². The van der Waals surface area contributed by atoms with Crippen LogP contribution >= 0.6 is 11.8 Å². The molecule has 1 aliphatic rings. The molecule has 1 heterocycles. The van der Waals surface area contributed by atoms with Gasteiger partial charge in [-0.3, -0.25) is 4.90 Å². The van der Waals surface area contributed by atoms with Crippen molar-refractivity contribution in [3.63, 3.8) is 0 Å². The minimum Gasteiger partial charge on any atom is -0.313 e. The van der Waals surface area contributed by atoms with Crippen LogP contribution in [0.15, 0.2) is 35.2 Å². The van der Waals surface area contributed by atoms with Crippen molar-refractivity contribution in [3.8, 4) is 0 Å². The van der Waals surface area contributed by atoms with E-state index in [0.29, 0.717) is 12.1 Å². The highest BCUT2D eigenvalue weighted by atomic mass is 32.2. The predicted molar refractivity (Wildman–Crippen MR) is 89.5 cm³/mol. The van der Waals surface area contributed by atoms with Crippen LogP contribution in [-0.4, -0.2) is 42.4 Å². The maximum absolute atomic E-state index is 3.66. The van der Waals surface area contributed by atoms with E-state index in [0.717, 1.165) is 0 Å². The molecule has 1 aromatic rings. The first-order valence-corrected chi connectivity index (χ1v) is 8.89. The number of hydrogen-bond donors (Lipinski definition) is 1. The molecule has 0 aromatic heterocycles. The van der Waals surface area contributed by atoms with Crippen molar-refractivity contribution in [1.82, 2.24) is 10.2 Å². The van der Waals surface area contributed by atoms with Crippen LogP contribution in [0, 0.1) is 0 Å². The summed E-state index contributed by atoms with van der Waals surface area (Å²) in [5.74, 6) is 1.18. The van der Waals surface area contributed by atoms with Gasteiger partial charge >= 0.3 is 0 Å². The summed E-state index contributed by atoms with van der Waals surface area (Å²) in [6.45, 7) is 8.21. The van der Waals surface area contributed by atoms with E-state index < -0.39 is 0 Å². The number of thioether (sulfide) groups is 1. The lowest BCUT2D eigenvalue weighted by Crippen LogP contribution is -2.46. The molecule has 0 radical (unpaired) electrons. The Balaban J connectivity index is 1.74. The van der Waals surface area contributed by atoms with E-state index in [9.17, 15) is 0 Å². The molecule has 0 aliphatic carbocycles. The molecule has 1 aliphatic heterocycles. The number of rotatable bonds is 7. The van der Waals surface area contributed by atoms with Gasteiger partial charge in [-0.05, 0) is 45.4 Å². The lowest BCUT2D eigenvalue weighted by atomic mass is 10.0. The zero-order chi connectivity index (χ0) is 14.2. The van der Waals surface area contributed by atoms with Crippen molar-refractivity contribution < 1.29 is 0 Å². The normalized spacial score (nSPS) is 19.7. The third kappa shape index (κ3) is 5.47. The summed E-state index contributed by atoms with van der Waals surface area (Å²) in [4.78, 5) is 4.01. The van der Waals surface area contributed by atoms with Crippen LogP contribution in [0.2, 0.25) is 0 Å². The summed E-state index contributed by atoms with van der Waals surface area (Å²) in [6, 6.07) is 12.1. The maximum Gasteiger partial charge on any atom is 0.0195 e. The van der Waals surface area contributed by atoms with Crippen molar-refractivity contribution in [1.29, 1.82) is 0 Å². The summed E-state index contributed by atoms with van der Waals surface area (Å²) < 4.78 is 0. The van der Waals surface area contributed by atoms with Crippen molar-refractivity contribution in [3.05, 3.63) is 30.3 Å². The van der Waals surface area contributed by atoms with Gasteiger partial charge in [0.1, 0.15) is 0 Å². The fraction of sp³-hybridized carbons (Fsp3) is 0.647. The zero-order valence-electron chi connectivity index (χ0n) is 12.8. The predicted octanol–water partition coefficient (Wildman–Crippen LogP) is 3.63. The maximum atomic E-state index is 3.66. The molecule has 0 saturated carbocycles. The summed E-state index contributed by atoms with van der Waals surface area (Å²) in [5.41, 5.74) is 0. The Labute approximate surface area is 128 Å². The first-order chi connectivity index (χ1) is 9.75. The van der Waals surface area contributed by atoms with E-state index in [1.807, 2.05) is 11.8 Å². The summed E-state index contributed by atoms with van der Waals surface area (Å²) >= 11 is 1.97. The third-order valence-corrected chi connectivity index (χ3v) is 4.98. The molecule has 1 N–H and O–H groups in total. The fourth-order valence-electron chi connectivity index (χ4n) is 2.72. The van der Waals surface area contributed by atoms with Gasteiger partial charge in [0, 0.05) is 35.8 Å². The van der Waals surface area contributed by atoms with Gasteiger partial charge in [-0.25, -0.2) is 0 Å². The van der Waals surface area contributed by atoms with Gasteiger partial charge in [0.2, 0.25) is 0 Å². The molecule has 1 fully saturated rings. The Bertz CT molecular complexity index is 361. The monoisotopic (exact) mass is 292 g/mol. The lowest BCUT2D eigenvalue weighted by molar-refractivity contribution is 0.195. The average molecular weight is 292 g/mol. The number of nitrogens with zero attached hydrogens (tertiary/aromatic N) is 1. The van der Waals surface area contributed by atoms with E-state index >= 15 is 0 Å². The van der Waals surface area contributed by atoms with E-state index in [4.69, 9.17) is 0 Å². The molecule has 1 aromatic carbocycles. The first-order valence-electron chi connectivity index (χ1n) is 7.91. The molecule has 2 rings (SSSR count). The second-order valence-electron chi connectivity index (χ2n) is 5.90. The smallest absolute Gasteiger partial charge is 0.0195 e. The Hall–Kier alpha value is -0.510. The van der Waals surface area contributed by atoms with Gasteiger partial charge in [-0.1, -0.05) is 24.6 Å². The number of piperidine rings is 1. The van der Waals surface area contributed by atoms with Crippen LogP contribution in [0.5, 0.6) is 0 Å². The second-order valence-corrected chi connectivity index (χ2v) is 7.07. The molecule has 2 nitrogen and oxygen atoms in total. The lowest BCUT2D eigenvalue weighted by Gasteiger charge is -2.33. The molecule has 1 saturated heterocycles. The molecule has 0 bridgehead atoms. The second kappa shape index (κ2) is 8.71. The number of benzene rings is 1. The van der Waals surface area contributed by atoms with Gasteiger partial charge in [-0.2, -0.15) is 0 Å². The highest BCUT2D eigenvalue weighted by Gasteiger charge is 2.18. The largest absolute Gasteiger partial charge is 0.313 e. The molecular formula is C17H28N2S. The first kappa shape index (κ1) is 15.9. The standard InChI is InChI=1S/C17H28N2S/c1-15(2)19(14-16-8-6-7-11-18-16)12-13-20-17-9-4-3-5-10-17/h3-5,9-10,15-16,18H,6-8,11-14H2,1-2H3. The fourth-order valence-corrected chi connectivity index (χ4v) is 3.63. The minimum atomic E-state index is 0.634. The minimum absolute atomic E-state index is 0.634. The third-order valence-electron chi connectivity index (χ3n) is 3.99. The van der Waals surface area contributed by atoms with Crippen molar-refractivity contribution in [2.45, 2.75) is 50.1 Å². The SMILES string of the molecule is CC(C)N(CCSc1ccccc1)CC1CCCCN1. The van der Waals surface area contributed by atoms with E-state index in [1.165, 1.54) is 49.5 Å². The molecule has 1 atom stereocenters. The van der Waals surface area contributed by atoms with E-state index in [1.54, 1.807) is 0 Å². The van der Waals surface area contributed by atoms with E-state index in [2.05, 4.69) is 54.4 Å². The van der Waals surface area contributed by atoms with Crippen LogP contribution in [-0.2, 0) is 0 Å². The summed E-state index contributed by atoms with van der Waals surface area (Å²) in [5, 5.41) is 3.66. The molecule has 0 amide bonds. The molecular weight excluding hydrogens is 264 g/mol. The van der Waals surface area contributed by atoms with Gasteiger partial charge in [0.15, 0.2) is 0 Å². The van der Waals surface area contributed by atoms with Crippen LogP contribution < -0.4 is 5.32 Å². The summed E-state index contributed by atoms with van der Waals surface area (Å²) in [6.07, 6.45) is 4.08. The number of nitrogens with one attached hydrogen (secondary N) is 1. The zero-order valence-corrected chi connectivity index (χ0v) is 13.7. The van der Waals surface area contributed by atoms with Crippen molar-refractivity contribution >= 4 is 11.8 Å². The van der Waals surface area contributed by atoms with Crippen LogP contribution in [0.1, 0.15) is 33.1 Å². The van der Waals surface area contributed by atoms with Crippen molar-refractivity contribution in [2.75, 3.05) is 25.4 Å². The van der Waals surface area contributed by atoms with Crippen LogP contribution in [0.3, 0.4) is 0 Å². The van der Waals surface area contributed by atoms with Gasteiger partial charge in [0.25, 0.3) is 0 Å². The Morgan fingerprint density at radius 2 is 2.05 bits per heavy atom. The molecule has 1 unspecified atom stereocenters. The highest BCUT2D eigenvalue weighted by Crippen LogP contribution is 2.18. The summed E-state index contributed by atoms with van der Waals surface area (Å²) in [7, 11) is 0. The molecule has 20 heavy (non-hydrogen) atoms. The molecule has 112 valence electrons. The molecule has 3 heteroatoms. The van der Waals surface area contributed by atoms with Crippen LogP contribution in [0.4, 0.5) is 0 Å². The van der Waals surface area contributed by atoms with Crippen LogP contribution in [0.25, 0.3) is 0 Å². The number of hydrogen-bond acceptors (Lipinski definition) is 3. The highest BCUT2D eigenvalue weighted by molar-refractivity contribution is 7.99. The Morgan fingerprint density at radius 3 is 2.70 bits per heavy atom. The quantitative estimate of drug-likeness (QED) is 0.773. The Kier molecular flexibility index (Phi) is 6.91.